The number of nitrogens with zero attached hydrogens (tertiary/aromatic N) is 1. The molecule has 5 heteroatoms. The molecule has 0 bridgehead atoms. The summed E-state index contributed by atoms with van der Waals surface area (Å²) in [4.78, 5) is 3.58. The van der Waals surface area contributed by atoms with Crippen molar-refractivity contribution < 1.29 is 13.2 Å². The molecule has 1 N–H and O–H groups in total. The highest BCUT2D eigenvalue weighted by atomic mass is 19.4. The number of alkyl halides is 3. The first kappa shape index (κ1) is 10.0. The molecule has 0 aromatic heterocycles. The van der Waals surface area contributed by atoms with Gasteiger partial charge < -0.3 is 5.32 Å². The van der Waals surface area contributed by atoms with Gasteiger partial charge in [0.2, 0.25) is 6.17 Å². The number of anilines is 1. The smallest absolute Gasteiger partial charge is 0.356 e. The standard InChI is InChI=1S/C10H9F3N2/c1-6-7-4-2-3-5-8(7)15-9(14-6)10(11,12)13/h2-5,9,15H,1H3. The van der Waals surface area contributed by atoms with E-state index in [2.05, 4.69) is 10.3 Å². The van der Waals surface area contributed by atoms with Gasteiger partial charge in [0, 0.05) is 17.0 Å². The van der Waals surface area contributed by atoms with Crippen LogP contribution in [0.2, 0.25) is 0 Å². The summed E-state index contributed by atoms with van der Waals surface area (Å²) < 4.78 is 37.3. The van der Waals surface area contributed by atoms with Gasteiger partial charge >= 0.3 is 6.18 Å². The van der Waals surface area contributed by atoms with Crippen molar-refractivity contribution in [3.8, 4) is 0 Å². The number of para-hydroxylation sites is 1. The summed E-state index contributed by atoms with van der Waals surface area (Å²) in [6.45, 7) is 1.58. The number of halogens is 3. The molecule has 1 aliphatic rings. The fraction of sp³-hybridized carbons (Fsp3) is 0.300. The lowest BCUT2D eigenvalue weighted by Crippen LogP contribution is -2.38. The summed E-state index contributed by atoms with van der Waals surface area (Å²) in [6, 6.07) is 6.82. The summed E-state index contributed by atoms with van der Waals surface area (Å²) in [5.41, 5.74) is 1.61. The zero-order chi connectivity index (χ0) is 11.1. The second kappa shape index (κ2) is 3.25. The van der Waals surface area contributed by atoms with Crippen molar-refractivity contribution in [2.75, 3.05) is 5.32 Å². The van der Waals surface area contributed by atoms with Gasteiger partial charge in [-0.05, 0) is 13.0 Å². The Labute approximate surface area is 84.8 Å². The lowest BCUT2D eigenvalue weighted by molar-refractivity contribution is -0.140. The van der Waals surface area contributed by atoms with Crippen molar-refractivity contribution >= 4 is 11.4 Å². The number of hydrogen-bond acceptors (Lipinski definition) is 2. The first-order valence-corrected chi connectivity index (χ1v) is 4.45. The van der Waals surface area contributed by atoms with Crippen molar-refractivity contribution in [2.45, 2.75) is 19.3 Å². The third-order valence-corrected chi connectivity index (χ3v) is 2.24. The molecule has 2 nitrogen and oxygen atoms in total. The van der Waals surface area contributed by atoms with Crippen molar-refractivity contribution in [2.24, 2.45) is 4.99 Å². The van der Waals surface area contributed by atoms with Gasteiger partial charge in [-0.3, -0.25) is 4.99 Å². The Morgan fingerprint density at radius 3 is 2.60 bits per heavy atom. The Morgan fingerprint density at radius 1 is 1.27 bits per heavy atom. The van der Waals surface area contributed by atoms with E-state index in [0.29, 0.717) is 11.4 Å². The minimum atomic E-state index is -4.35. The molecule has 0 saturated carbocycles. The summed E-state index contributed by atoms with van der Waals surface area (Å²) in [5, 5.41) is 2.35. The number of benzene rings is 1. The Morgan fingerprint density at radius 2 is 1.93 bits per heavy atom. The van der Waals surface area contributed by atoms with Crippen molar-refractivity contribution in [3.63, 3.8) is 0 Å². The number of fused-ring (bicyclic) bond motifs is 1. The molecule has 2 rings (SSSR count). The second-order valence-electron chi connectivity index (χ2n) is 3.35. The van der Waals surface area contributed by atoms with Crippen molar-refractivity contribution in [1.29, 1.82) is 0 Å². The van der Waals surface area contributed by atoms with Gasteiger partial charge in [0.25, 0.3) is 0 Å². The van der Waals surface area contributed by atoms with Gasteiger partial charge in [-0.1, -0.05) is 18.2 Å². The minimum Gasteiger partial charge on any atom is -0.356 e. The molecular weight excluding hydrogens is 205 g/mol. The van der Waals surface area contributed by atoms with Crippen LogP contribution in [0.5, 0.6) is 0 Å². The highest BCUT2D eigenvalue weighted by molar-refractivity contribution is 6.04. The molecule has 1 aromatic rings. The maximum absolute atomic E-state index is 12.4. The third kappa shape index (κ3) is 1.82. The molecule has 0 radical (unpaired) electrons. The monoisotopic (exact) mass is 214 g/mol. The Kier molecular flexibility index (Phi) is 2.17. The van der Waals surface area contributed by atoms with E-state index in [0.717, 1.165) is 5.56 Å². The van der Waals surface area contributed by atoms with Gasteiger partial charge in [0.05, 0.1) is 0 Å². The van der Waals surface area contributed by atoms with E-state index in [1.807, 2.05) is 0 Å². The van der Waals surface area contributed by atoms with Crippen molar-refractivity contribution in [1.82, 2.24) is 0 Å². The molecule has 0 aliphatic carbocycles. The molecule has 1 aliphatic heterocycles. The third-order valence-electron chi connectivity index (χ3n) is 2.24. The number of aliphatic imine (C=N–C) groups is 1. The first-order chi connectivity index (χ1) is 6.98. The Balaban J connectivity index is 2.41. The molecule has 0 saturated heterocycles. The first-order valence-electron chi connectivity index (χ1n) is 4.45. The van der Waals surface area contributed by atoms with Gasteiger partial charge in [0.15, 0.2) is 0 Å². The largest absolute Gasteiger partial charge is 0.429 e. The van der Waals surface area contributed by atoms with Crippen LogP contribution in [-0.2, 0) is 0 Å². The van der Waals surface area contributed by atoms with Crippen LogP contribution in [0.15, 0.2) is 29.3 Å². The highest BCUT2D eigenvalue weighted by Gasteiger charge is 2.41. The van der Waals surface area contributed by atoms with Gasteiger partial charge in [0.1, 0.15) is 0 Å². The summed E-state index contributed by atoms with van der Waals surface area (Å²) >= 11 is 0. The van der Waals surface area contributed by atoms with Crippen LogP contribution < -0.4 is 5.32 Å². The number of hydrogen-bond donors (Lipinski definition) is 1. The van der Waals surface area contributed by atoms with Gasteiger partial charge in [-0.25, -0.2) is 0 Å². The van der Waals surface area contributed by atoms with Crippen LogP contribution in [0.4, 0.5) is 18.9 Å². The van der Waals surface area contributed by atoms with E-state index in [1.165, 1.54) is 0 Å². The van der Waals surface area contributed by atoms with E-state index >= 15 is 0 Å². The predicted octanol–water partition coefficient (Wildman–Crippen LogP) is 2.81. The molecule has 0 spiro atoms. The normalized spacial score (nSPS) is 20.3. The zero-order valence-electron chi connectivity index (χ0n) is 7.97. The Bertz CT molecular complexity index is 409. The lowest BCUT2D eigenvalue weighted by Gasteiger charge is -2.25. The van der Waals surface area contributed by atoms with Crippen LogP contribution in [0, 0.1) is 0 Å². The average Bonchev–Trinajstić information content (AvgIpc) is 2.16. The topological polar surface area (TPSA) is 24.4 Å². The molecule has 1 unspecified atom stereocenters. The van der Waals surface area contributed by atoms with Crippen LogP contribution in [0.1, 0.15) is 12.5 Å². The van der Waals surface area contributed by atoms with Gasteiger partial charge in [-0.2, -0.15) is 13.2 Å². The second-order valence-corrected chi connectivity index (χ2v) is 3.35. The molecular formula is C10H9F3N2. The van der Waals surface area contributed by atoms with E-state index in [4.69, 9.17) is 0 Å². The fourth-order valence-corrected chi connectivity index (χ4v) is 1.52. The summed E-state index contributed by atoms with van der Waals surface area (Å²) in [5.74, 6) is 0. The highest BCUT2D eigenvalue weighted by Crippen LogP contribution is 2.30. The average molecular weight is 214 g/mol. The number of nitrogens with one attached hydrogen (secondary N) is 1. The lowest BCUT2D eigenvalue weighted by atomic mass is 10.1. The van der Waals surface area contributed by atoms with E-state index in [-0.39, 0.29) is 0 Å². The molecule has 1 atom stereocenters. The fourth-order valence-electron chi connectivity index (χ4n) is 1.52. The number of rotatable bonds is 0. The molecule has 15 heavy (non-hydrogen) atoms. The van der Waals surface area contributed by atoms with Crippen LogP contribution in [0.25, 0.3) is 0 Å². The molecule has 1 aromatic carbocycles. The van der Waals surface area contributed by atoms with E-state index < -0.39 is 12.3 Å². The van der Waals surface area contributed by atoms with Gasteiger partial charge in [-0.15, -0.1) is 0 Å². The predicted molar refractivity (Wildman–Crippen MR) is 52.1 cm³/mol. The van der Waals surface area contributed by atoms with Crippen LogP contribution in [0.3, 0.4) is 0 Å². The molecule has 0 amide bonds. The zero-order valence-corrected chi connectivity index (χ0v) is 7.97. The summed E-state index contributed by atoms with van der Waals surface area (Å²) in [6.07, 6.45) is -6.18. The Hall–Kier alpha value is -1.52. The summed E-state index contributed by atoms with van der Waals surface area (Å²) in [7, 11) is 0. The molecule has 1 heterocycles. The maximum atomic E-state index is 12.4. The quantitative estimate of drug-likeness (QED) is 0.705. The van der Waals surface area contributed by atoms with Crippen LogP contribution >= 0.6 is 0 Å². The molecule has 80 valence electrons. The van der Waals surface area contributed by atoms with Crippen LogP contribution in [-0.4, -0.2) is 18.1 Å². The van der Waals surface area contributed by atoms with E-state index in [9.17, 15) is 13.2 Å². The molecule has 0 fully saturated rings. The maximum Gasteiger partial charge on any atom is 0.429 e. The SMILES string of the molecule is CC1=NC(C(F)(F)F)Nc2ccccc21. The van der Waals surface area contributed by atoms with Crippen molar-refractivity contribution in [3.05, 3.63) is 29.8 Å². The van der Waals surface area contributed by atoms with E-state index in [1.54, 1.807) is 31.2 Å². The minimum absolute atomic E-state index is 0.409.